The summed E-state index contributed by atoms with van der Waals surface area (Å²) in [5, 5.41) is 2.72. The van der Waals surface area contributed by atoms with Crippen molar-refractivity contribution in [3.05, 3.63) is 23.5 Å². The van der Waals surface area contributed by atoms with E-state index in [1.54, 1.807) is 12.4 Å². The summed E-state index contributed by atoms with van der Waals surface area (Å²) in [6, 6.07) is 0. The molecule has 0 spiro atoms. The van der Waals surface area contributed by atoms with Gasteiger partial charge in [-0.1, -0.05) is 0 Å². The number of halogens is 2. The summed E-state index contributed by atoms with van der Waals surface area (Å²) >= 11 is 5.38. The molecule has 1 N–H and O–H groups in total. The number of anilines is 1. The monoisotopic (exact) mass is 234 g/mol. The van der Waals surface area contributed by atoms with Crippen molar-refractivity contribution in [3.63, 3.8) is 0 Å². The van der Waals surface area contributed by atoms with E-state index < -0.39 is 0 Å². The smallest absolute Gasteiger partial charge is 0.239 e. The molecular formula is C9H12Cl2N2O. The van der Waals surface area contributed by atoms with Gasteiger partial charge in [-0.05, 0) is 25.0 Å². The number of aromatic nitrogens is 1. The van der Waals surface area contributed by atoms with Gasteiger partial charge in [-0.3, -0.25) is 9.78 Å². The molecule has 0 aliphatic carbocycles. The summed E-state index contributed by atoms with van der Waals surface area (Å²) < 4.78 is 0. The van der Waals surface area contributed by atoms with Crippen LogP contribution in [0.5, 0.6) is 0 Å². The fourth-order valence-corrected chi connectivity index (χ4v) is 1.14. The van der Waals surface area contributed by atoms with E-state index in [1.807, 2.05) is 13.8 Å². The minimum atomic E-state index is -0.195. The van der Waals surface area contributed by atoms with Gasteiger partial charge >= 0.3 is 0 Å². The zero-order valence-corrected chi connectivity index (χ0v) is 9.58. The van der Waals surface area contributed by atoms with E-state index in [1.165, 1.54) is 0 Å². The molecule has 0 fully saturated rings. The molecule has 1 heterocycles. The normalized spacial score (nSPS) is 9.07. The van der Waals surface area contributed by atoms with E-state index in [0.717, 1.165) is 16.8 Å². The number of nitrogens with one attached hydrogen (secondary N) is 1. The molecule has 1 aromatic heterocycles. The molecule has 0 atom stereocenters. The number of rotatable bonds is 2. The third kappa shape index (κ3) is 3.16. The Labute approximate surface area is 94.3 Å². The number of hydrogen-bond acceptors (Lipinski definition) is 2. The first-order valence-corrected chi connectivity index (χ1v) is 4.45. The van der Waals surface area contributed by atoms with Crippen LogP contribution in [0.2, 0.25) is 0 Å². The van der Waals surface area contributed by atoms with E-state index >= 15 is 0 Å². The zero-order valence-electron chi connectivity index (χ0n) is 8.00. The molecule has 0 aliphatic heterocycles. The van der Waals surface area contributed by atoms with Crippen molar-refractivity contribution < 1.29 is 4.79 Å². The largest absolute Gasteiger partial charge is 0.324 e. The van der Waals surface area contributed by atoms with Crippen molar-refractivity contribution in [1.82, 2.24) is 4.98 Å². The summed E-state index contributed by atoms with van der Waals surface area (Å²) in [6.45, 7) is 3.79. The van der Waals surface area contributed by atoms with Gasteiger partial charge < -0.3 is 5.32 Å². The second-order valence-corrected chi connectivity index (χ2v) is 3.10. The highest BCUT2D eigenvalue weighted by molar-refractivity contribution is 6.29. The Morgan fingerprint density at radius 1 is 1.43 bits per heavy atom. The lowest BCUT2D eigenvalue weighted by Crippen LogP contribution is -2.14. The van der Waals surface area contributed by atoms with Crippen LogP contribution in [-0.4, -0.2) is 16.8 Å². The molecule has 14 heavy (non-hydrogen) atoms. The first-order chi connectivity index (χ1) is 6.15. The maximum absolute atomic E-state index is 11.0. The summed E-state index contributed by atoms with van der Waals surface area (Å²) in [5.41, 5.74) is 2.69. The van der Waals surface area contributed by atoms with Crippen LogP contribution in [-0.2, 0) is 4.79 Å². The highest BCUT2D eigenvalue weighted by atomic mass is 35.5. The van der Waals surface area contributed by atoms with Crippen molar-refractivity contribution in [2.24, 2.45) is 0 Å². The lowest BCUT2D eigenvalue weighted by molar-refractivity contribution is -0.113. The van der Waals surface area contributed by atoms with Gasteiger partial charge in [0.05, 0.1) is 0 Å². The van der Waals surface area contributed by atoms with Crippen LogP contribution < -0.4 is 5.32 Å². The van der Waals surface area contributed by atoms with E-state index in [4.69, 9.17) is 11.6 Å². The van der Waals surface area contributed by atoms with E-state index in [9.17, 15) is 4.79 Å². The molecule has 5 heteroatoms. The van der Waals surface area contributed by atoms with Crippen LogP contribution in [0.1, 0.15) is 11.1 Å². The summed E-state index contributed by atoms with van der Waals surface area (Å²) in [6.07, 6.45) is 3.41. The van der Waals surface area contributed by atoms with Crippen LogP contribution in [0, 0.1) is 13.8 Å². The molecule has 78 valence electrons. The van der Waals surface area contributed by atoms with E-state index in [0.29, 0.717) is 0 Å². The number of hydrogen-bond donors (Lipinski definition) is 1. The molecule has 1 amide bonds. The van der Waals surface area contributed by atoms with Crippen molar-refractivity contribution in [2.45, 2.75) is 13.8 Å². The lowest BCUT2D eigenvalue weighted by Gasteiger charge is -2.08. The van der Waals surface area contributed by atoms with Gasteiger partial charge in [0, 0.05) is 18.1 Å². The average molecular weight is 235 g/mol. The number of carbonyl (C=O) groups is 1. The van der Waals surface area contributed by atoms with Gasteiger partial charge in [0.25, 0.3) is 0 Å². The van der Waals surface area contributed by atoms with Crippen LogP contribution in [0.15, 0.2) is 12.4 Å². The molecule has 0 aliphatic rings. The highest BCUT2D eigenvalue weighted by Gasteiger charge is 2.05. The Balaban J connectivity index is 0.00000169. The first kappa shape index (κ1) is 13.2. The lowest BCUT2D eigenvalue weighted by atomic mass is 10.2. The maximum Gasteiger partial charge on any atom is 0.239 e. The molecule has 0 aromatic carbocycles. The van der Waals surface area contributed by atoms with Crippen molar-refractivity contribution in [1.29, 1.82) is 0 Å². The first-order valence-electron chi connectivity index (χ1n) is 3.92. The highest BCUT2D eigenvalue weighted by Crippen LogP contribution is 2.17. The Kier molecular flexibility index (Phi) is 5.50. The third-order valence-corrected chi connectivity index (χ3v) is 1.95. The molecule has 1 aromatic rings. The summed E-state index contributed by atoms with van der Waals surface area (Å²) in [7, 11) is 0. The van der Waals surface area contributed by atoms with Gasteiger partial charge in [-0.2, -0.15) is 0 Å². The molecule has 3 nitrogen and oxygen atoms in total. The van der Waals surface area contributed by atoms with Gasteiger partial charge in [0.2, 0.25) is 5.91 Å². The third-order valence-electron chi connectivity index (χ3n) is 1.71. The number of nitrogens with zero attached hydrogens (tertiary/aromatic N) is 1. The second kappa shape index (κ2) is 5.83. The molecule has 0 saturated carbocycles. The molecule has 0 bridgehead atoms. The topological polar surface area (TPSA) is 42.0 Å². The number of pyridine rings is 1. The Morgan fingerprint density at radius 3 is 2.36 bits per heavy atom. The summed E-state index contributed by atoms with van der Waals surface area (Å²) in [4.78, 5) is 15.0. The number of aryl methyl sites for hydroxylation is 2. The minimum absolute atomic E-state index is 0. The number of amides is 1. The van der Waals surface area contributed by atoms with E-state index in [2.05, 4.69) is 10.3 Å². The van der Waals surface area contributed by atoms with Gasteiger partial charge in [-0.15, -0.1) is 24.0 Å². The van der Waals surface area contributed by atoms with Crippen LogP contribution >= 0.6 is 24.0 Å². The summed E-state index contributed by atoms with van der Waals surface area (Å²) in [5.74, 6) is -0.222. The van der Waals surface area contributed by atoms with Gasteiger partial charge in [0.15, 0.2) is 0 Å². The maximum atomic E-state index is 11.0. The zero-order chi connectivity index (χ0) is 9.84. The van der Waals surface area contributed by atoms with Crippen molar-refractivity contribution >= 4 is 35.6 Å². The van der Waals surface area contributed by atoms with Gasteiger partial charge in [-0.25, -0.2) is 0 Å². The van der Waals surface area contributed by atoms with Gasteiger partial charge in [0.1, 0.15) is 5.88 Å². The predicted octanol–water partition coefficient (Wildman–Crippen LogP) is 2.30. The Bertz CT molecular complexity index is 308. The van der Waals surface area contributed by atoms with E-state index in [-0.39, 0.29) is 24.2 Å². The standard InChI is InChI=1S/C9H11ClN2O.ClH/c1-6-4-11-5-7(2)9(6)12-8(13)3-10;/h4-5H,3H2,1-2H3,(H,11,12,13);1H. The number of carbonyl (C=O) groups excluding carboxylic acids is 1. The van der Waals surface area contributed by atoms with Crippen molar-refractivity contribution in [2.75, 3.05) is 11.2 Å². The minimum Gasteiger partial charge on any atom is -0.324 e. The SMILES string of the molecule is Cc1cncc(C)c1NC(=O)CCl.Cl. The Morgan fingerprint density at radius 2 is 1.93 bits per heavy atom. The predicted molar refractivity (Wildman–Crippen MR) is 60.3 cm³/mol. The molecule has 0 unspecified atom stereocenters. The Hall–Kier alpha value is -0.800. The molecule has 1 rings (SSSR count). The van der Waals surface area contributed by atoms with Crippen LogP contribution in [0.4, 0.5) is 5.69 Å². The van der Waals surface area contributed by atoms with Crippen LogP contribution in [0.25, 0.3) is 0 Å². The fourth-order valence-electron chi connectivity index (χ4n) is 1.07. The van der Waals surface area contributed by atoms with Crippen LogP contribution in [0.3, 0.4) is 0 Å². The molecular weight excluding hydrogens is 223 g/mol. The fraction of sp³-hybridized carbons (Fsp3) is 0.333. The van der Waals surface area contributed by atoms with Crippen molar-refractivity contribution in [3.8, 4) is 0 Å². The quantitative estimate of drug-likeness (QED) is 0.799. The molecule has 0 radical (unpaired) electrons. The molecule has 0 saturated heterocycles. The second-order valence-electron chi connectivity index (χ2n) is 2.83. The average Bonchev–Trinajstić information content (AvgIpc) is 2.11. The number of alkyl halides is 1.